The highest BCUT2D eigenvalue weighted by atomic mass is 16.5. The highest BCUT2D eigenvalue weighted by molar-refractivity contribution is 5.76. The molecule has 1 aromatic carbocycles. The van der Waals surface area contributed by atoms with Gasteiger partial charge in [0.25, 0.3) is 0 Å². The topological polar surface area (TPSA) is 65.4 Å². The molecule has 0 aliphatic heterocycles. The molecule has 0 radical (unpaired) electrons. The Balaban J connectivity index is 1.77. The molecule has 1 aliphatic rings. The van der Waals surface area contributed by atoms with Crippen LogP contribution in [0, 0.1) is 11.3 Å². The fourth-order valence-electron chi connectivity index (χ4n) is 3.09. The summed E-state index contributed by atoms with van der Waals surface area (Å²) in [5, 5.41) is 12.7. The molecule has 1 aliphatic carbocycles. The van der Waals surface area contributed by atoms with E-state index in [1.165, 1.54) is 0 Å². The number of nitriles is 1. The Morgan fingerprint density at radius 1 is 1.33 bits per heavy atom. The average Bonchev–Trinajstić information content (AvgIpc) is 2.57. The van der Waals surface area contributed by atoms with Gasteiger partial charge >= 0.3 is 0 Å². The number of nitrogens with zero attached hydrogens (tertiary/aromatic N) is 2. The molecule has 0 aromatic heterocycles. The number of carbonyl (C=O) groups is 1. The Morgan fingerprint density at radius 3 is 2.62 bits per heavy atom. The van der Waals surface area contributed by atoms with Crippen molar-refractivity contribution in [3.05, 3.63) is 29.8 Å². The normalized spacial score (nSPS) is 21.6. The summed E-state index contributed by atoms with van der Waals surface area (Å²) in [4.78, 5) is 13.4. The lowest BCUT2D eigenvalue weighted by Gasteiger charge is -2.31. The van der Waals surface area contributed by atoms with Crippen molar-refractivity contribution in [3.63, 3.8) is 0 Å². The molecule has 0 spiro atoms. The van der Waals surface area contributed by atoms with E-state index in [1.54, 1.807) is 25.1 Å². The first-order valence-electron chi connectivity index (χ1n) is 8.61. The third kappa shape index (κ3) is 5.24. The van der Waals surface area contributed by atoms with Gasteiger partial charge in [0, 0.05) is 32.6 Å². The van der Waals surface area contributed by atoms with Crippen LogP contribution in [-0.4, -0.2) is 43.1 Å². The molecule has 2 rings (SSSR count). The molecule has 0 bridgehead atoms. The summed E-state index contributed by atoms with van der Waals surface area (Å²) < 4.78 is 6.02. The standard InChI is InChI=1S/C19H27N3O2/c1-14(12-19(23)22(2)3)21-16-8-10-17(11-9-16)24-18-7-5-4-6-15(18)13-20/h4-7,14,16-17,21H,8-12H2,1-3H3/t14-,16?,17?/m1/s1. The summed E-state index contributed by atoms with van der Waals surface area (Å²) in [6.45, 7) is 2.06. The summed E-state index contributed by atoms with van der Waals surface area (Å²) in [7, 11) is 3.58. The van der Waals surface area contributed by atoms with Gasteiger partial charge in [-0.2, -0.15) is 5.26 Å². The number of benzene rings is 1. The minimum Gasteiger partial charge on any atom is -0.489 e. The molecule has 1 amide bonds. The third-order valence-corrected chi connectivity index (χ3v) is 4.48. The van der Waals surface area contributed by atoms with Crippen LogP contribution < -0.4 is 10.1 Å². The molecule has 1 aromatic rings. The van der Waals surface area contributed by atoms with Crippen LogP contribution >= 0.6 is 0 Å². The van der Waals surface area contributed by atoms with E-state index in [9.17, 15) is 4.79 Å². The van der Waals surface area contributed by atoms with E-state index in [0.717, 1.165) is 25.7 Å². The average molecular weight is 329 g/mol. The van der Waals surface area contributed by atoms with E-state index in [1.807, 2.05) is 18.2 Å². The van der Waals surface area contributed by atoms with Gasteiger partial charge in [0.05, 0.1) is 11.7 Å². The lowest BCUT2D eigenvalue weighted by atomic mass is 9.92. The lowest BCUT2D eigenvalue weighted by molar-refractivity contribution is -0.129. The van der Waals surface area contributed by atoms with E-state index < -0.39 is 0 Å². The zero-order chi connectivity index (χ0) is 17.5. The fraction of sp³-hybridized carbons (Fsp3) is 0.579. The maximum absolute atomic E-state index is 11.8. The van der Waals surface area contributed by atoms with Crippen molar-refractivity contribution < 1.29 is 9.53 Å². The van der Waals surface area contributed by atoms with Gasteiger partial charge in [-0.15, -0.1) is 0 Å². The summed E-state index contributed by atoms with van der Waals surface area (Å²) in [6, 6.07) is 10.2. The van der Waals surface area contributed by atoms with Crippen molar-refractivity contribution in [2.75, 3.05) is 14.1 Å². The molecular weight excluding hydrogens is 302 g/mol. The van der Waals surface area contributed by atoms with Crippen LogP contribution in [0.3, 0.4) is 0 Å². The van der Waals surface area contributed by atoms with Gasteiger partial charge in [0.15, 0.2) is 0 Å². The molecule has 0 unspecified atom stereocenters. The largest absolute Gasteiger partial charge is 0.489 e. The summed E-state index contributed by atoms with van der Waals surface area (Å²) in [6.07, 6.45) is 4.67. The van der Waals surface area contributed by atoms with Crippen LogP contribution in [0.4, 0.5) is 0 Å². The van der Waals surface area contributed by atoms with Crippen molar-refractivity contribution >= 4 is 5.91 Å². The van der Waals surface area contributed by atoms with Crippen molar-refractivity contribution in [1.82, 2.24) is 10.2 Å². The Morgan fingerprint density at radius 2 is 2.00 bits per heavy atom. The molecule has 1 fully saturated rings. The van der Waals surface area contributed by atoms with Gasteiger partial charge in [-0.3, -0.25) is 4.79 Å². The monoisotopic (exact) mass is 329 g/mol. The first kappa shape index (κ1) is 18.3. The molecule has 5 nitrogen and oxygen atoms in total. The predicted molar refractivity (Wildman–Crippen MR) is 93.7 cm³/mol. The van der Waals surface area contributed by atoms with Crippen LogP contribution in [0.25, 0.3) is 0 Å². The molecule has 1 atom stereocenters. The van der Waals surface area contributed by atoms with E-state index in [-0.39, 0.29) is 18.1 Å². The fourth-order valence-corrected chi connectivity index (χ4v) is 3.09. The molecule has 1 N–H and O–H groups in total. The second-order valence-corrected chi connectivity index (χ2v) is 6.76. The predicted octanol–water partition coefficient (Wildman–Crippen LogP) is 2.70. The van der Waals surface area contributed by atoms with Gasteiger partial charge in [-0.25, -0.2) is 0 Å². The van der Waals surface area contributed by atoms with Crippen LogP contribution in [0.1, 0.15) is 44.6 Å². The molecule has 24 heavy (non-hydrogen) atoms. The number of rotatable bonds is 6. The smallest absolute Gasteiger partial charge is 0.223 e. The zero-order valence-electron chi connectivity index (χ0n) is 14.8. The minimum absolute atomic E-state index is 0.153. The Labute approximate surface area is 144 Å². The lowest BCUT2D eigenvalue weighted by Crippen LogP contribution is -2.42. The Hall–Kier alpha value is -2.06. The number of ether oxygens (including phenoxy) is 1. The molecule has 0 heterocycles. The molecule has 1 saturated carbocycles. The molecule has 130 valence electrons. The summed E-state index contributed by atoms with van der Waals surface area (Å²) in [5.74, 6) is 0.835. The maximum Gasteiger partial charge on any atom is 0.223 e. The first-order chi connectivity index (χ1) is 11.5. The van der Waals surface area contributed by atoms with E-state index in [4.69, 9.17) is 10.00 Å². The van der Waals surface area contributed by atoms with Crippen molar-refractivity contribution in [1.29, 1.82) is 5.26 Å². The number of hydrogen-bond acceptors (Lipinski definition) is 4. The van der Waals surface area contributed by atoms with Crippen molar-refractivity contribution in [3.8, 4) is 11.8 Å². The minimum atomic E-state index is 0.153. The van der Waals surface area contributed by atoms with Gasteiger partial charge in [0.2, 0.25) is 5.91 Å². The van der Waals surface area contributed by atoms with Crippen molar-refractivity contribution in [2.24, 2.45) is 0 Å². The molecule has 5 heteroatoms. The summed E-state index contributed by atoms with van der Waals surface area (Å²) in [5.41, 5.74) is 0.591. The van der Waals surface area contributed by atoms with Gasteiger partial charge < -0.3 is 15.0 Å². The number of carbonyl (C=O) groups excluding carboxylic acids is 1. The van der Waals surface area contributed by atoms with Crippen LogP contribution in [0.5, 0.6) is 5.75 Å². The van der Waals surface area contributed by atoms with Gasteiger partial charge in [-0.1, -0.05) is 12.1 Å². The van der Waals surface area contributed by atoms with Gasteiger partial charge in [-0.05, 0) is 44.7 Å². The second-order valence-electron chi connectivity index (χ2n) is 6.76. The Kier molecular flexibility index (Phi) is 6.62. The van der Waals surface area contributed by atoms with E-state index in [2.05, 4.69) is 18.3 Å². The van der Waals surface area contributed by atoms with Crippen molar-refractivity contribution in [2.45, 2.75) is 57.2 Å². The molecular formula is C19H27N3O2. The highest BCUT2D eigenvalue weighted by Crippen LogP contribution is 2.26. The van der Waals surface area contributed by atoms with Crippen LogP contribution in [0.2, 0.25) is 0 Å². The maximum atomic E-state index is 11.8. The van der Waals surface area contributed by atoms with E-state index in [0.29, 0.717) is 23.8 Å². The number of hydrogen-bond donors (Lipinski definition) is 1. The van der Waals surface area contributed by atoms with E-state index >= 15 is 0 Å². The van der Waals surface area contributed by atoms with Gasteiger partial charge in [0.1, 0.15) is 11.8 Å². The number of nitrogens with one attached hydrogen (secondary N) is 1. The Bertz CT molecular complexity index is 587. The first-order valence-corrected chi connectivity index (χ1v) is 8.61. The summed E-state index contributed by atoms with van der Waals surface area (Å²) >= 11 is 0. The third-order valence-electron chi connectivity index (χ3n) is 4.48. The van der Waals surface area contributed by atoms with Crippen LogP contribution in [-0.2, 0) is 4.79 Å². The zero-order valence-corrected chi connectivity index (χ0v) is 14.8. The highest BCUT2D eigenvalue weighted by Gasteiger charge is 2.24. The SMILES string of the molecule is C[C@H](CC(=O)N(C)C)NC1CCC(Oc2ccccc2C#N)CC1. The molecule has 0 saturated heterocycles. The number of para-hydroxylation sites is 1. The number of amides is 1. The quantitative estimate of drug-likeness (QED) is 0.871. The van der Waals surface area contributed by atoms with Crippen LogP contribution in [0.15, 0.2) is 24.3 Å². The second kappa shape index (κ2) is 8.70.